The van der Waals surface area contributed by atoms with Gasteiger partial charge in [0.25, 0.3) is 0 Å². The number of carbonyl (C=O) groups excluding carboxylic acids is 1. The Balaban J connectivity index is 1.47. The second-order valence-electron chi connectivity index (χ2n) is 6.89. The van der Waals surface area contributed by atoms with Crippen molar-refractivity contribution in [2.75, 3.05) is 0 Å². The maximum Gasteiger partial charge on any atom is 0.350 e. The summed E-state index contributed by atoms with van der Waals surface area (Å²) in [4.78, 5) is 24.7. The number of hydrogen-bond acceptors (Lipinski definition) is 3. The van der Waals surface area contributed by atoms with Crippen LogP contribution in [0.15, 0.2) is 47.4 Å². The van der Waals surface area contributed by atoms with E-state index in [4.69, 9.17) is 0 Å². The predicted octanol–water partition coefficient (Wildman–Crippen LogP) is 2.25. The van der Waals surface area contributed by atoms with E-state index in [1.54, 1.807) is 18.3 Å². The monoisotopic (exact) mass is 350 g/mol. The second-order valence-corrected chi connectivity index (χ2v) is 6.89. The molecule has 2 heterocycles. The van der Waals surface area contributed by atoms with Gasteiger partial charge in [0, 0.05) is 6.20 Å². The van der Waals surface area contributed by atoms with Crippen molar-refractivity contribution < 1.29 is 4.79 Å². The molecule has 0 radical (unpaired) electrons. The maximum absolute atomic E-state index is 12.4. The summed E-state index contributed by atoms with van der Waals surface area (Å²) >= 11 is 0. The van der Waals surface area contributed by atoms with E-state index in [2.05, 4.69) is 28.6 Å². The average molecular weight is 350 g/mol. The van der Waals surface area contributed by atoms with Gasteiger partial charge in [-0.2, -0.15) is 0 Å². The molecule has 1 aliphatic carbocycles. The largest absolute Gasteiger partial charge is 0.350 e. The Kier molecular flexibility index (Phi) is 4.32. The third-order valence-corrected chi connectivity index (χ3v) is 5.03. The van der Waals surface area contributed by atoms with E-state index in [1.165, 1.54) is 33.1 Å². The van der Waals surface area contributed by atoms with Crippen LogP contribution < -0.4 is 11.0 Å². The molecule has 0 bridgehead atoms. The van der Waals surface area contributed by atoms with Crippen LogP contribution in [0.3, 0.4) is 0 Å². The number of fused-ring (bicyclic) bond motifs is 2. The Bertz CT molecular complexity index is 1020. The van der Waals surface area contributed by atoms with Crippen LogP contribution in [-0.2, 0) is 24.2 Å². The molecule has 2 aromatic heterocycles. The fourth-order valence-electron chi connectivity index (χ4n) is 3.60. The molecule has 6 heteroatoms. The molecule has 1 atom stereocenters. The van der Waals surface area contributed by atoms with Crippen LogP contribution in [0.25, 0.3) is 5.65 Å². The van der Waals surface area contributed by atoms with Crippen LogP contribution in [0.5, 0.6) is 0 Å². The molecule has 4 rings (SSSR count). The molecule has 26 heavy (non-hydrogen) atoms. The summed E-state index contributed by atoms with van der Waals surface area (Å²) in [5, 5.41) is 7.17. The molecule has 0 fully saturated rings. The van der Waals surface area contributed by atoms with Crippen molar-refractivity contribution >= 4 is 11.6 Å². The summed E-state index contributed by atoms with van der Waals surface area (Å²) in [5.41, 5.74) is 4.15. The van der Waals surface area contributed by atoms with Crippen molar-refractivity contribution in [3.8, 4) is 0 Å². The molecular weight excluding hydrogens is 328 g/mol. The number of nitrogens with zero attached hydrogens (tertiary/aromatic N) is 3. The van der Waals surface area contributed by atoms with E-state index in [0.717, 1.165) is 18.4 Å². The summed E-state index contributed by atoms with van der Waals surface area (Å²) in [5.74, 6) is -0.222. The molecule has 0 spiro atoms. The van der Waals surface area contributed by atoms with Gasteiger partial charge in [0.15, 0.2) is 5.65 Å². The fourth-order valence-corrected chi connectivity index (χ4v) is 3.60. The summed E-state index contributed by atoms with van der Waals surface area (Å²) < 4.78 is 2.63. The first-order valence-electron chi connectivity index (χ1n) is 9.07. The molecular formula is C20H22N4O2. The van der Waals surface area contributed by atoms with E-state index >= 15 is 0 Å². The molecule has 1 N–H and O–H groups in total. The Labute approximate surface area is 151 Å². The first kappa shape index (κ1) is 16.6. The minimum atomic E-state index is -0.308. The van der Waals surface area contributed by atoms with Crippen molar-refractivity contribution in [1.82, 2.24) is 19.5 Å². The standard InChI is InChI=1S/C20H22N4O2/c1-14(16-10-9-15-6-2-3-7-17(15)12-16)21-19(25)13-24-20(26)23-11-5-4-8-18(23)22-24/h4-5,8-12,14H,2-3,6-7,13H2,1H3,(H,21,25)/t14-/m0/s1. The molecule has 0 saturated carbocycles. The number of aromatic nitrogens is 3. The van der Waals surface area contributed by atoms with Crippen molar-refractivity contribution in [1.29, 1.82) is 0 Å². The normalized spacial score (nSPS) is 14.8. The number of rotatable bonds is 4. The summed E-state index contributed by atoms with van der Waals surface area (Å²) in [6.07, 6.45) is 6.39. The summed E-state index contributed by atoms with van der Waals surface area (Å²) in [6.45, 7) is 1.88. The second kappa shape index (κ2) is 6.78. The first-order chi connectivity index (χ1) is 12.6. The Morgan fingerprint density at radius 1 is 1.19 bits per heavy atom. The Morgan fingerprint density at radius 2 is 2.00 bits per heavy atom. The Hall–Kier alpha value is -2.89. The molecule has 1 aliphatic rings. The number of aryl methyl sites for hydroxylation is 2. The van der Waals surface area contributed by atoms with Gasteiger partial charge in [-0.15, -0.1) is 5.10 Å². The van der Waals surface area contributed by atoms with Crippen molar-refractivity contribution in [3.63, 3.8) is 0 Å². The highest BCUT2D eigenvalue weighted by Gasteiger charge is 2.16. The Morgan fingerprint density at radius 3 is 2.81 bits per heavy atom. The minimum Gasteiger partial charge on any atom is -0.348 e. The van der Waals surface area contributed by atoms with E-state index < -0.39 is 0 Å². The molecule has 0 unspecified atom stereocenters. The highest BCUT2D eigenvalue weighted by molar-refractivity contribution is 5.76. The molecule has 3 aromatic rings. The minimum absolute atomic E-state index is 0.0875. The van der Waals surface area contributed by atoms with Crippen LogP contribution in [0, 0.1) is 0 Å². The van der Waals surface area contributed by atoms with E-state index in [-0.39, 0.29) is 24.2 Å². The first-order valence-corrected chi connectivity index (χ1v) is 9.07. The van der Waals surface area contributed by atoms with Gasteiger partial charge >= 0.3 is 5.69 Å². The van der Waals surface area contributed by atoms with Crippen molar-refractivity contribution in [2.24, 2.45) is 0 Å². The maximum atomic E-state index is 12.4. The molecule has 1 amide bonds. The third-order valence-electron chi connectivity index (χ3n) is 5.03. The number of amides is 1. The van der Waals surface area contributed by atoms with Crippen LogP contribution in [-0.4, -0.2) is 20.1 Å². The highest BCUT2D eigenvalue weighted by Crippen LogP contribution is 2.24. The smallest absolute Gasteiger partial charge is 0.348 e. The zero-order valence-corrected chi connectivity index (χ0v) is 14.8. The lowest BCUT2D eigenvalue weighted by molar-refractivity contribution is -0.122. The van der Waals surface area contributed by atoms with E-state index in [9.17, 15) is 9.59 Å². The average Bonchev–Trinajstić information content (AvgIpc) is 2.97. The number of carbonyl (C=O) groups is 1. The van der Waals surface area contributed by atoms with Crippen molar-refractivity contribution in [2.45, 2.75) is 45.2 Å². The molecule has 1 aromatic carbocycles. The lowest BCUT2D eigenvalue weighted by Gasteiger charge is -2.20. The van der Waals surface area contributed by atoms with Gasteiger partial charge in [0.05, 0.1) is 6.04 Å². The van der Waals surface area contributed by atoms with Crippen molar-refractivity contribution in [3.05, 3.63) is 69.8 Å². The zero-order valence-electron chi connectivity index (χ0n) is 14.8. The molecule has 0 saturated heterocycles. The molecule has 0 aliphatic heterocycles. The fraction of sp³-hybridized carbons (Fsp3) is 0.350. The van der Waals surface area contributed by atoms with Gasteiger partial charge in [-0.1, -0.05) is 24.3 Å². The number of benzene rings is 1. The van der Waals surface area contributed by atoms with Gasteiger partial charge in [0.1, 0.15) is 6.54 Å². The number of hydrogen-bond donors (Lipinski definition) is 1. The van der Waals surface area contributed by atoms with Gasteiger partial charge < -0.3 is 5.32 Å². The van der Waals surface area contributed by atoms with Gasteiger partial charge in [-0.05, 0) is 61.4 Å². The van der Waals surface area contributed by atoms with Gasteiger partial charge in [-0.3, -0.25) is 9.20 Å². The summed E-state index contributed by atoms with van der Waals surface area (Å²) in [7, 11) is 0. The lowest BCUT2D eigenvalue weighted by atomic mass is 9.89. The van der Waals surface area contributed by atoms with Crippen LogP contribution in [0.4, 0.5) is 0 Å². The predicted molar refractivity (Wildman–Crippen MR) is 99.1 cm³/mol. The summed E-state index contributed by atoms with van der Waals surface area (Å²) in [6, 6.07) is 11.7. The van der Waals surface area contributed by atoms with Crippen LogP contribution in [0.2, 0.25) is 0 Å². The molecule has 6 nitrogen and oxygen atoms in total. The van der Waals surface area contributed by atoms with Gasteiger partial charge in [0.2, 0.25) is 5.91 Å². The number of pyridine rings is 1. The SMILES string of the molecule is C[C@H](NC(=O)Cn1nc2ccccn2c1=O)c1ccc2c(c1)CCCC2. The number of nitrogens with one attached hydrogen (secondary N) is 1. The van der Waals surface area contributed by atoms with Crippen LogP contribution >= 0.6 is 0 Å². The highest BCUT2D eigenvalue weighted by atomic mass is 16.2. The third kappa shape index (κ3) is 3.14. The van der Waals surface area contributed by atoms with E-state index in [0.29, 0.717) is 5.65 Å². The quantitative estimate of drug-likeness (QED) is 0.785. The van der Waals surface area contributed by atoms with Gasteiger partial charge in [-0.25, -0.2) is 9.48 Å². The van der Waals surface area contributed by atoms with E-state index in [1.807, 2.05) is 13.0 Å². The topological polar surface area (TPSA) is 68.4 Å². The zero-order chi connectivity index (χ0) is 18.1. The van der Waals surface area contributed by atoms with Crippen LogP contribution in [0.1, 0.15) is 42.5 Å². The molecule has 134 valence electrons. The lowest BCUT2D eigenvalue weighted by Crippen LogP contribution is -2.34.